The third-order valence-corrected chi connectivity index (χ3v) is 2.91. The number of carbonyl (C=O) groups excluding carboxylic acids is 1. The average molecular weight is 332 g/mol. The maximum atomic E-state index is 10.3. The molecule has 0 unspecified atom stereocenters. The summed E-state index contributed by atoms with van der Waals surface area (Å²) < 4.78 is 0. The van der Waals surface area contributed by atoms with Gasteiger partial charge in [0.1, 0.15) is 17.4 Å². The van der Waals surface area contributed by atoms with E-state index in [0.29, 0.717) is 19.3 Å². The van der Waals surface area contributed by atoms with Gasteiger partial charge in [0.05, 0.1) is 4.92 Å². The summed E-state index contributed by atoms with van der Waals surface area (Å²) >= 11 is 5.49. The number of nitro benzene ring substituents is 1. The van der Waals surface area contributed by atoms with E-state index in [0.717, 1.165) is 18.9 Å². The molecule has 0 spiro atoms. The first-order chi connectivity index (χ1) is 10.3. The van der Waals surface area contributed by atoms with Crippen LogP contribution in [-0.4, -0.2) is 34.9 Å². The Bertz CT molecular complexity index is 524. The molecule has 8 nitrogen and oxygen atoms in total. The standard InChI is InChI=1S/C7H4ClNO3.C6H14N2O2/c8-6-2-1-5(4-10)3-7(6)9(11)12;7-4-2-1-3-5(8)6(9)10/h1-4H;5H,1-4,7-8H2,(H,9,10)/t;5-/m.0/s1. The molecule has 0 aliphatic carbocycles. The number of hydrogen-bond donors (Lipinski definition) is 3. The third kappa shape index (κ3) is 7.67. The quantitative estimate of drug-likeness (QED) is 0.297. The highest BCUT2D eigenvalue weighted by Gasteiger charge is 2.11. The van der Waals surface area contributed by atoms with Crippen LogP contribution in [0.3, 0.4) is 0 Å². The largest absolute Gasteiger partial charge is 0.480 e. The Balaban J connectivity index is 0.000000409. The minimum atomic E-state index is -0.933. The van der Waals surface area contributed by atoms with Gasteiger partial charge in [-0.2, -0.15) is 0 Å². The van der Waals surface area contributed by atoms with Gasteiger partial charge in [-0.15, -0.1) is 0 Å². The number of carboxylic acids is 1. The van der Waals surface area contributed by atoms with Crippen LogP contribution in [0.15, 0.2) is 18.2 Å². The Morgan fingerprint density at radius 2 is 2.09 bits per heavy atom. The van der Waals surface area contributed by atoms with Crippen molar-refractivity contribution in [2.24, 2.45) is 11.5 Å². The number of nitrogens with two attached hydrogens (primary N) is 2. The van der Waals surface area contributed by atoms with Gasteiger partial charge in [0, 0.05) is 11.6 Å². The summed E-state index contributed by atoms with van der Waals surface area (Å²) in [5.41, 5.74) is 10.4. The van der Waals surface area contributed by atoms with Gasteiger partial charge < -0.3 is 16.6 Å². The number of unbranched alkanes of at least 4 members (excludes halogenated alkanes) is 1. The lowest BCUT2D eigenvalue weighted by atomic mass is 10.1. The van der Waals surface area contributed by atoms with E-state index < -0.39 is 16.9 Å². The normalized spacial score (nSPS) is 11.0. The number of nitro groups is 1. The number of aldehydes is 1. The van der Waals surface area contributed by atoms with Crippen molar-refractivity contribution in [1.29, 1.82) is 0 Å². The van der Waals surface area contributed by atoms with E-state index in [9.17, 15) is 19.7 Å². The van der Waals surface area contributed by atoms with Crippen molar-refractivity contribution >= 4 is 29.5 Å². The molecule has 0 aromatic heterocycles. The Morgan fingerprint density at radius 3 is 2.55 bits per heavy atom. The molecule has 9 heteroatoms. The summed E-state index contributed by atoms with van der Waals surface area (Å²) in [4.78, 5) is 30.0. The minimum Gasteiger partial charge on any atom is -0.480 e. The summed E-state index contributed by atoms with van der Waals surface area (Å²) in [5, 5.41) is 18.7. The molecule has 0 radical (unpaired) electrons. The van der Waals surface area contributed by atoms with E-state index in [4.69, 9.17) is 28.2 Å². The van der Waals surface area contributed by atoms with Crippen molar-refractivity contribution in [2.45, 2.75) is 25.3 Å². The second-order valence-electron chi connectivity index (χ2n) is 4.31. The lowest BCUT2D eigenvalue weighted by Crippen LogP contribution is -2.29. The minimum absolute atomic E-state index is 0.0330. The molecule has 0 saturated heterocycles. The van der Waals surface area contributed by atoms with Crippen molar-refractivity contribution in [2.75, 3.05) is 6.54 Å². The molecule has 0 saturated carbocycles. The number of carboxylic acid groups (broad SMARTS) is 1. The maximum Gasteiger partial charge on any atom is 0.320 e. The smallest absolute Gasteiger partial charge is 0.320 e. The highest BCUT2D eigenvalue weighted by Crippen LogP contribution is 2.24. The molecule has 0 amide bonds. The molecule has 0 aliphatic rings. The summed E-state index contributed by atoms with van der Waals surface area (Å²) in [5.74, 6) is -0.933. The van der Waals surface area contributed by atoms with Crippen LogP contribution >= 0.6 is 11.6 Å². The Labute approximate surface area is 132 Å². The number of aliphatic carboxylic acids is 1. The van der Waals surface area contributed by atoms with Crippen LogP contribution in [0.1, 0.15) is 29.6 Å². The van der Waals surface area contributed by atoms with Gasteiger partial charge in [0.15, 0.2) is 0 Å². The van der Waals surface area contributed by atoms with E-state index in [-0.39, 0.29) is 16.3 Å². The van der Waals surface area contributed by atoms with Crippen molar-refractivity contribution in [3.8, 4) is 0 Å². The zero-order chi connectivity index (χ0) is 17.1. The molecule has 0 heterocycles. The zero-order valence-electron chi connectivity index (χ0n) is 11.8. The molecule has 5 N–H and O–H groups in total. The van der Waals surface area contributed by atoms with E-state index in [1.165, 1.54) is 12.1 Å². The lowest BCUT2D eigenvalue weighted by molar-refractivity contribution is -0.384. The van der Waals surface area contributed by atoms with Gasteiger partial charge in [0.2, 0.25) is 0 Å². The average Bonchev–Trinajstić information content (AvgIpc) is 2.48. The van der Waals surface area contributed by atoms with Crippen LogP contribution in [0.25, 0.3) is 0 Å². The first-order valence-corrected chi connectivity index (χ1v) is 6.78. The number of benzene rings is 1. The van der Waals surface area contributed by atoms with E-state index in [2.05, 4.69) is 0 Å². The van der Waals surface area contributed by atoms with Gasteiger partial charge in [-0.05, 0) is 31.5 Å². The first-order valence-electron chi connectivity index (χ1n) is 6.41. The fourth-order valence-corrected chi connectivity index (χ4v) is 1.56. The van der Waals surface area contributed by atoms with Gasteiger partial charge in [-0.1, -0.05) is 18.0 Å². The Hall–Kier alpha value is -2.03. The SMILES string of the molecule is NCCCC[C@H](N)C(=O)O.O=Cc1ccc(Cl)c([N+](=O)[O-])c1. The number of carbonyl (C=O) groups is 2. The van der Waals surface area contributed by atoms with Crippen LogP contribution in [0.4, 0.5) is 5.69 Å². The number of halogens is 1. The van der Waals surface area contributed by atoms with E-state index >= 15 is 0 Å². The van der Waals surface area contributed by atoms with Crippen molar-refractivity contribution in [3.05, 3.63) is 38.9 Å². The van der Waals surface area contributed by atoms with Crippen LogP contribution in [0.2, 0.25) is 5.02 Å². The summed E-state index contributed by atoms with van der Waals surface area (Å²) in [6.07, 6.45) is 2.70. The van der Waals surface area contributed by atoms with Crippen LogP contribution < -0.4 is 11.5 Å². The van der Waals surface area contributed by atoms with Gasteiger partial charge >= 0.3 is 5.97 Å². The molecular weight excluding hydrogens is 314 g/mol. The molecule has 122 valence electrons. The van der Waals surface area contributed by atoms with Gasteiger partial charge in [-0.3, -0.25) is 19.7 Å². The predicted molar refractivity (Wildman–Crippen MR) is 82.0 cm³/mol. The van der Waals surface area contributed by atoms with E-state index in [1.807, 2.05) is 0 Å². The zero-order valence-corrected chi connectivity index (χ0v) is 12.5. The van der Waals surface area contributed by atoms with Crippen LogP contribution in [0.5, 0.6) is 0 Å². The highest BCUT2D eigenvalue weighted by molar-refractivity contribution is 6.32. The summed E-state index contributed by atoms with van der Waals surface area (Å²) in [6, 6.07) is 3.16. The lowest BCUT2D eigenvalue weighted by Gasteiger charge is -2.03. The molecule has 1 atom stereocenters. The molecule has 0 fully saturated rings. The second kappa shape index (κ2) is 10.7. The topological polar surface area (TPSA) is 150 Å². The fourth-order valence-electron chi connectivity index (χ4n) is 1.37. The monoisotopic (exact) mass is 331 g/mol. The van der Waals surface area contributed by atoms with Crippen molar-refractivity contribution in [1.82, 2.24) is 0 Å². The molecular formula is C13H18ClN3O5. The maximum absolute atomic E-state index is 10.3. The Morgan fingerprint density at radius 1 is 1.45 bits per heavy atom. The molecule has 22 heavy (non-hydrogen) atoms. The first kappa shape index (κ1) is 20.0. The van der Waals surface area contributed by atoms with E-state index in [1.54, 1.807) is 0 Å². The predicted octanol–water partition coefficient (Wildman–Crippen LogP) is 1.59. The molecule has 1 aromatic carbocycles. The van der Waals surface area contributed by atoms with Crippen molar-refractivity contribution in [3.63, 3.8) is 0 Å². The number of hydrogen-bond acceptors (Lipinski definition) is 6. The third-order valence-electron chi connectivity index (χ3n) is 2.59. The van der Waals surface area contributed by atoms with Gasteiger partial charge in [-0.25, -0.2) is 0 Å². The summed E-state index contributed by atoms with van der Waals surface area (Å²) in [6.45, 7) is 0.604. The fraction of sp³-hybridized carbons (Fsp3) is 0.385. The molecule has 0 bridgehead atoms. The number of rotatable bonds is 7. The second-order valence-corrected chi connectivity index (χ2v) is 4.72. The van der Waals surface area contributed by atoms with Crippen LogP contribution in [0, 0.1) is 10.1 Å². The number of nitrogens with zero attached hydrogens (tertiary/aromatic N) is 1. The molecule has 1 rings (SSSR count). The molecule has 0 aliphatic heterocycles. The highest BCUT2D eigenvalue weighted by atomic mass is 35.5. The molecule has 1 aromatic rings. The van der Waals surface area contributed by atoms with Crippen molar-refractivity contribution < 1.29 is 19.6 Å². The Kier molecular flexibility index (Phi) is 9.68. The van der Waals surface area contributed by atoms with Gasteiger partial charge in [0.25, 0.3) is 5.69 Å². The van der Waals surface area contributed by atoms with Crippen LogP contribution in [-0.2, 0) is 4.79 Å². The summed E-state index contributed by atoms with van der Waals surface area (Å²) in [7, 11) is 0.